The van der Waals surface area contributed by atoms with E-state index in [1.807, 2.05) is 43.3 Å². The van der Waals surface area contributed by atoms with Crippen molar-refractivity contribution in [1.82, 2.24) is 4.90 Å². The van der Waals surface area contributed by atoms with E-state index in [4.69, 9.17) is 10.2 Å². The van der Waals surface area contributed by atoms with Crippen LogP contribution in [0.2, 0.25) is 0 Å². The smallest absolute Gasteiger partial charge is 0.247 e. The lowest BCUT2D eigenvalue weighted by Gasteiger charge is -2.20. The number of aryl methyl sites for hydroxylation is 1. The van der Waals surface area contributed by atoms with Crippen molar-refractivity contribution in [3.05, 3.63) is 65.6 Å². The van der Waals surface area contributed by atoms with Crippen molar-refractivity contribution in [3.8, 4) is 0 Å². The van der Waals surface area contributed by atoms with Gasteiger partial charge in [-0.05, 0) is 30.7 Å². The van der Waals surface area contributed by atoms with Crippen LogP contribution in [-0.4, -0.2) is 23.3 Å². The number of benzene rings is 1. The predicted octanol–water partition coefficient (Wildman–Crippen LogP) is 2.51. The van der Waals surface area contributed by atoms with Crippen LogP contribution in [0.4, 0.5) is 0 Å². The second kappa shape index (κ2) is 7.98. The Bertz CT molecular complexity index is 689. The van der Waals surface area contributed by atoms with Crippen molar-refractivity contribution < 1.29 is 14.0 Å². The maximum Gasteiger partial charge on any atom is 0.247 e. The zero-order chi connectivity index (χ0) is 16.7. The number of rotatable bonds is 7. The highest BCUT2D eigenvalue weighted by atomic mass is 16.3. The minimum atomic E-state index is -0.429. The molecule has 0 radical (unpaired) electrons. The molecule has 0 spiro atoms. The molecule has 2 aromatic rings. The molecule has 120 valence electrons. The summed E-state index contributed by atoms with van der Waals surface area (Å²) in [6.07, 6.45) is 3.20. The van der Waals surface area contributed by atoms with Crippen LogP contribution in [0.3, 0.4) is 0 Å². The maximum absolute atomic E-state index is 12.4. The number of carbonyl (C=O) groups is 2. The first kappa shape index (κ1) is 16.5. The lowest BCUT2D eigenvalue weighted by molar-refractivity contribution is -0.127. The van der Waals surface area contributed by atoms with Gasteiger partial charge in [0.15, 0.2) is 0 Å². The van der Waals surface area contributed by atoms with Gasteiger partial charge in [0.2, 0.25) is 11.8 Å². The van der Waals surface area contributed by atoms with E-state index in [0.29, 0.717) is 12.3 Å². The highest BCUT2D eigenvalue weighted by Gasteiger charge is 2.12. The number of hydrogen-bond acceptors (Lipinski definition) is 3. The summed E-state index contributed by atoms with van der Waals surface area (Å²) >= 11 is 0. The highest BCUT2D eigenvalue weighted by Crippen LogP contribution is 2.10. The molecule has 5 nitrogen and oxygen atoms in total. The average Bonchev–Trinajstić information content (AvgIpc) is 2.95. The predicted molar refractivity (Wildman–Crippen MR) is 88.1 cm³/mol. The van der Waals surface area contributed by atoms with Crippen LogP contribution < -0.4 is 5.73 Å². The van der Waals surface area contributed by atoms with Gasteiger partial charge in [-0.25, -0.2) is 0 Å². The van der Waals surface area contributed by atoms with Gasteiger partial charge in [-0.15, -0.1) is 0 Å². The Morgan fingerprint density at radius 3 is 2.52 bits per heavy atom. The molecule has 0 saturated carbocycles. The van der Waals surface area contributed by atoms with Gasteiger partial charge in [0.25, 0.3) is 0 Å². The summed E-state index contributed by atoms with van der Waals surface area (Å²) in [6.45, 7) is 2.55. The second-order valence-corrected chi connectivity index (χ2v) is 5.24. The molecule has 1 aromatic heterocycles. The van der Waals surface area contributed by atoms with Crippen molar-refractivity contribution in [2.24, 2.45) is 5.73 Å². The molecule has 0 saturated heterocycles. The summed E-state index contributed by atoms with van der Waals surface area (Å²) in [5, 5.41) is 0. The lowest BCUT2D eigenvalue weighted by atomic mass is 10.2. The Morgan fingerprint density at radius 2 is 1.91 bits per heavy atom. The fourth-order valence-corrected chi connectivity index (χ4v) is 2.12. The SMILES string of the molecule is Cc1ccc(C=CC(=O)N(CCC(N)=O)Cc2ccccc2)o1. The Labute approximate surface area is 135 Å². The van der Waals surface area contributed by atoms with Crippen LogP contribution >= 0.6 is 0 Å². The van der Waals surface area contributed by atoms with Gasteiger partial charge >= 0.3 is 0 Å². The number of carbonyl (C=O) groups excluding carboxylic acids is 2. The van der Waals surface area contributed by atoms with Gasteiger partial charge in [-0.2, -0.15) is 0 Å². The molecule has 0 atom stereocenters. The van der Waals surface area contributed by atoms with E-state index < -0.39 is 5.91 Å². The van der Waals surface area contributed by atoms with Crippen LogP contribution in [0.5, 0.6) is 0 Å². The Balaban J connectivity index is 2.06. The molecular formula is C18H20N2O3. The summed E-state index contributed by atoms with van der Waals surface area (Å²) in [5.74, 6) is 0.781. The van der Waals surface area contributed by atoms with E-state index >= 15 is 0 Å². The summed E-state index contributed by atoms with van der Waals surface area (Å²) in [7, 11) is 0. The summed E-state index contributed by atoms with van der Waals surface area (Å²) in [5.41, 5.74) is 6.19. The van der Waals surface area contributed by atoms with Crippen LogP contribution in [0.25, 0.3) is 6.08 Å². The van der Waals surface area contributed by atoms with Crippen molar-refractivity contribution in [3.63, 3.8) is 0 Å². The number of amides is 2. The standard InChI is InChI=1S/C18H20N2O3/c1-14-7-8-16(23-14)9-10-18(22)20(12-11-17(19)21)13-15-5-3-2-4-6-15/h2-10H,11-13H2,1H3,(H2,19,21). The monoisotopic (exact) mass is 312 g/mol. The minimum Gasteiger partial charge on any atom is -0.462 e. The number of primary amides is 1. The van der Waals surface area contributed by atoms with Gasteiger partial charge in [-0.1, -0.05) is 30.3 Å². The fourth-order valence-electron chi connectivity index (χ4n) is 2.12. The maximum atomic E-state index is 12.4. The Kier molecular flexibility index (Phi) is 5.74. The Morgan fingerprint density at radius 1 is 1.17 bits per heavy atom. The van der Waals surface area contributed by atoms with Crippen molar-refractivity contribution in [1.29, 1.82) is 0 Å². The zero-order valence-electron chi connectivity index (χ0n) is 13.1. The largest absolute Gasteiger partial charge is 0.462 e. The molecule has 23 heavy (non-hydrogen) atoms. The van der Waals surface area contributed by atoms with E-state index in [-0.39, 0.29) is 18.9 Å². The number of nitrogens with two attached hydrogens (primary N) is 1. The molecule has 2 rings (SSSR count). The third-order valence-corrected chi connectivity index (χ3v) is 3.31. The van der Waals surface area contributed by atoms with Crippen molar-refractivity contribution >= 4 is 17.9 Å². The molecular weight excluding hydrogens is 292 g/mol. The molecule has 0 aliphatic heterocycles. The topological polar surface area (TPSA) is 76.5 Å². The van der Waals surface area contributed by atoms with E-state index in [9.17, 15) is 9.59 Å². The third kappa shape index (κ3) is 5.47. The molecule has 2 N–H and O–H groups in total. The first-order chi connectivity index (χ1) is 11.0. The summed E-state index contributed by atoms with van der Waals surface area (Å²) < 4.78 is 5.40. The highest BCUT2D eigenvalue weighted by molar-refractivity contribution is 5.91. The van der Waals surface area contributed by atoms with Crippen LogP contribution in [0.15, 0.2) is 53.0 Å². The van der Waals surface area contributed by atoms with Crippen LogP contribution in [0, 0.1) is 6.92 Å². The molecule has 0 fully saturated rings. The van der Waals surface area contributed by atoms with E-state index in [2.05, 4.69) is 0 Å². The molecule has 0 bridgehead atoms. The van der Waals surface area contributed by atoms with Crippen LogP contribution in [-0.2, 0) is 16.1 Å². The van der Waals surface area contributed by atoms with Gasteiger partial charge < -0.3 is 15.1 Å². The first-order valence-corrected chi connectivity index (χ1v) is 7.40. The third-order valence-electron chi connectivity index (χ3n) is 3.31. The lowest BCUT2D eigenvalue weighted by Crippen LogP contribution is -2.32. The fraction of sp³-hybridized carbons (Fsp3) is 0.222. The molecule has 0 unspecified atom stereocenters. The second-order valence-electron chi connectivity index (χ2n) is 5.24. The van der Waals surface area contributed by atoms with Gasteiger partial charge in [0.1, 0.15) is 11.5 Å². The van der Waals surface area contributed by atoms with Crippen molar-refractivity contribution in [2.45, 2.75) is 19.9 Å². The normalized spacial score (nSPS) is 10.8. The van der Waals surface area contributed by atoms with Gasteiger partial charge in [0.05, 0.1) is 0 Å². The Hall–Kier alpha value is -2.82. The molecule has 1 aromatic carbocycles. The molecule has 5 heteroatoms. The van der Waals surface area contributed by atoms with Crippen molar-refractivity contribution in [2.75, 3.05) is 6.54 Å². The summed E-state index contributed by atoms with van der Waals surface area (Å²) in [6, 6.07) is 13.2. The van der Waals surface area contributed by atoms with Crippen LogP contribution in [0.1, 0.15) is 23.5 Å². The zero-order valence-corrected chi connectivity index (χ0v) is 13.1. The molecule has 2 amide bonds. The van der Waals surface area contributed by atoms with E-state index in [1.165, 1.54) is 6.08 Å². The summed E-state index contributed by atoms with van der Waals surface area (Å²) in [4.78, 5) is 25.0. The minimum absolute atomic E-state index is 0.131. The molecule has 1 heterocycles. The molecule has 0 aliphatic carbocycles. The average molecular weight is 312 g/mol. The quantitative estimate of drug-likeness (QED) is 0.798. The first-order valence-electron chi connectivity index (χ1n) is 7.40. The number of furan rings is 1. The number of nitrogens with zero attached hydrogens (tertiary/aromatic N) is 1. The van der Waals surface area contributed by atoms with E-state index in [1.54, 1.807) is 17.0 Å². The number of hydrogen-bond donors (Lipinski definition) is 1. The van der Waals surface area contributed by atoms with Gasteiger partial charge in [0, 0.05) is 25.6 Å². The van der Waals surface area contributed by atoms with E-state index in [0.717, 1.165) is 11.3 Å². The molecule has 0 aliphatic rings. The van der Waals surface area contributed by atoms with Gasteiger partial charge in [-0.3, -0.25) is 9.59 Å².